The molecular weight excluding hydrogens is 336 g/mol. The Morgan fingerprint density at radius 3 is 2.56 bits per heavy atom. The Kier molecular flexibility index (Phi) is 5.08. The summed E-state index contributed by atoms with van der Waals surface area (Å²) in [5.74, 6) is 0.638. The molecule has 0 heterocycles. The van der Waals surface area contributed by atoms with Gasteiger partial charge in [0.05, 0.1) is 17.2 Å². The highest BCUT2D eigenvalue weighted by molar-refractivity contribution is 7.89. The van der Waals surface area contributed by atoms with Gasteiger partial charge in [-0.05, 0) is 80.1 Å². The lowest BCUT2D eigenvalue weighted by atomic mass is 10.0. The maximum atomic E-state index is 12.4. The second-order valence-electron chi connectivity index (χ2n) is 6.03. The molecule has 25 heavy (non-hydrogen) atoms. The molecule has 0 saturated carbocycles. The summed E-state index contributed by atoms with van der Waals surface area (Å²) in [5.41, 5.74) is 4.30. The molecule has 0 fully saturated rings. The van der Waals surface area contributed by atoms with Crippen LogP contribution in [-0.4, -0.2) is 20.7 Å². The summed E-state index contributed by atoms with van der Waals surface area (Å²) < 4.78 is 30.1. The normalized spacial score (nSPS) is 14.2. The average Bonchev–Trinajstić information content (AvgIpc) is 3.08. The third kappa shape index (κ3) is 4.02. The van der Waals surface area contributed by atoms with E-state index in [1.54, 1.807) is 19.1 Å². The summed E-state index contributed by atoms with van der Waals surface area (Å²) in [6.07, 6.45) is 3.38. The predicted molar refractivity (Wildman–Crippen MR) is 98.6 cm³/mol. The molecule has 2 aromatic rings. The van der Waals surface area contributed by atoms with E-state index in [-0.39, 0.29) is 4.90 Å². The second kappa shape index (κ2) is 7.27. The first-order valence-electron chi connectivity index (χ1n) is 8.41. The van der Waals surface area contributed by atoms with Crippen LogP contribution in [-0.2, 0) is 22.9 Å². The Hall–Kier alpha value is -2.34. The van der Waals surface area contributed by atoms with Crippen molar-refractivity contribution in [1.82, 2.24) is 4.83 Å². The predicted octanol–water partition coefficient (Wildman–Crippen LogP) is 3.28. The van der Waals surface area contributed by atoms with Gasteiger partial charge in [0.25, 0.3) is 10.0 Å². The molecule has 0 unspecified atom stereocenters. The molecular formula is C19H22N2O3S. The first-order chi connectivity index (χ1) is 12.0. The molecule has 3 rings (SSSR count). The fourth-order valence-corrected chi connectivity index (χ4v) is 3.78. The molecule has 1 N–H and O–H groups in total. The molecule has 132 valence electrons. The summed E-state index contributed by atoms with van der Waals surface area (Å²) in [7, 11) is -3.70. The Bertz CT molecular complexity index is 887. The molecule has 0 saturated heterocycles. The van der Waals surface area contributed by atoms with Gasteiger partial charge < -0.3 is 4.74 Å². The van der Waals surface area contributed by atoms with E-state index in [4.69, 9.17) is 4.74 Å². The van der Waals surface area contributed by atoms with Gasteiger partial charge in [-0.3, -0.25) is 0 Å². The summed E-state index contributed by atoms with van der Waals surface area (Å²) in [4.78, 5) is 2.47. The van der Waals surface area contributed by atoms with Crippen LogP contribution in [0.2, 0.25) is 0 Å². The summed E-state index contributed by atoms with van der Waals surface area (Å²) in [5, 5.41) is 4.07. The van der Waals surface area contributed by atoms with Crippen LogP contribution >= 0.6 is 0 Å². The highest BCUT2D eigenvalue weighted by atomic mass is 32.2. The number of ether oxygens (including phenoxy) is 1. The van der Waals surface area contributed by atoms with E-state index in [0.29, 0.717) is 18.1 Å². The lowest BCUT2D eigenvalue weighted by molar-refractivity contribution is 0.340. The van der Waals surface area contributed by atoms with Crippen molar-refractivity contribution in [3.8, 4) is 5.75 Å². The van der Waals surface area contributed by atoms with Crippen LogP contribution in [0.1, 0.15) is 37.0 Å². The largest absolute Gasteiger partial charge is 0.494 e. The van der Waals surface area contributed by atoms with Gasteiger partial charge >= 0.3 is 0 Å². The van der Waals surface area contributed by atoms with Gasteiger partial charge in [-0.1, -0.05) is 12.1 Å². The van der Waals surface area contributed by atoms with E-state index in [1.165, 1.54) is 29.7 Å². The van der Waals surface area contributed by atoms with Crippen molar-refractivity contribution < 1.29 is 13.2 Å². The zero-order valence-electron chi connectivity index (χ0n) is 14.5. The molecule has 5 nitrogen and oxygen atoms in total. The summed E-state index contributed by atoms with van der Waals surface area (Å²) in [6, 6.07) is 12.5. The van der Waals surface area contributed by atoms with E-state index >= 15 is 0 Å². The lowest BCUT2D eigenvalue weighted by Crippen LogP contribution is -2.20. The molecule has 0 atom stereocenters. The fourth-order valence-electron chi connectivity index (χ4n) is 2.92. The van der Waals surface area contributed by atoms with Crippen LogP contribution in [0, 0.1) is 0 Å². The third-order valence-corrected chi connectivity index (χ3v) is 5.52. The highest BCUT2D eigenvalue weighted by Crippen LogP contribution is 2.23. The molecule has 0 aliphatic heterocycles. The SMILES string of the molecule is CCOc1ccc(S(=O)(=O)N/N=C(/C)c2ccc3c(c2)CCC3)cc1. The van der Waals surface area contributed by atoms with Gasteiger partial charge in [0.1, 0.15) is 5.75 Å². The molecule has 0 aromatic heterocycles. The maximum absolute atomic E-state index is 12.4. The number of benzene rings is 2. The monoisotopic (exact) mass is 358 g/mol. The number of fused-ring (bicyclic) bond motifs is 1. The molecule has 0 spiro atoms. The van der Waals surface area contributed by atoms with Crippen molar-refractivity contribution in [3.63, 3.8) is 0 Å². The number of hydrazone groups is 1. The van der Waals surface area contributed by atoms with E-state index in [2.05, 4.69) is 22.1 Å². The fraction of sp³-hybridized carbons (Fsp3) is 0.316. The van der Waals surface area contributed by atoms with Gasteiger partial charge in [0, 0.05) is 0 Å². The minimum Gasteiger partial charge on any atom is -0.494 e. The minimum atomic E-state index is -3.70. The summed E-state index contributed by atoms with van der Waals surface area (Å²) >= 11 is 0. The van der Waals surface area contributed by atoms with Gasteiger partial charge in [0.15, 0.2) is 0 Å². The molecule has 6 heteroatoms. The zero-order chi connectivity index (χ0) is 17.9. The first kappa shape index (κ1) is 17.5. The molecule has 0 bridgehead atoms. The van der Waals surface area contributed by atoms with Crippen molar-refractivity contribution in [2.75, 3.05) is 6.61 Å². The lowest BCUT2D eigenvalue weighted by Gasteiger charge is -2.08. The topological polar surface area (TPSA) is 67.8 Å². The number of rotatable bonds is 6. The van der Waals surface area contributed by atoms with Crippen molar-refractivity contribution >= 4 is 15.7 Å². The minimum absolute atomic E-state index is 0.154. The quantitative estimate of drug-likeness (QED) is 0.636. The van der Waals surface area contributed by atoms with Gasteiger partial charge in [0.2, 0.25) is 0 Å². The number of aryl methyl sites for hydroxylation is 2. The van der Waals surface area contributed by atoms with E-state index in [1.807, 2.05) is 13.0 Å². The molecule has 0 radical (unpaired) electrons. The van der Waals surface area contributed by atoms with E-state index in [0.717, 1.165) is 18.4 Å². The summed E-state index contributed by atoms with van der Waals surface area (Å²) in [6.45, 7) is 4.22. The number of hydrogen-bond donors (Lipinski definition) is 1. The van der Waals surface area contributed by atoms with E-state index < -0.39 is 10.0 Å². The Balaban J connectivity index is 1.75. The molecule has 1 aliphatic carbocycles. The van der Waals surface area contributed by atoms with E-state index in [9.17, 15) is 8.42 Å². The van der Waals surface area contributed by atoms with Crippen LogP contribution in [0.3, 0.4) is 0 Å². The van der Waals surface area contributed by atoms with Crippen LogP contribution < -0.4 is 9.57 Å². The Labute approximate surface area is 148 Å². The number of sulfonamides is 1. The van der Waals surface area contributed by atoms with Crippen LogP contribution in [0.25, 0.3) is 0 Å². The second-order valence-corrected chi connectivity index (χ2v) is 7.69. The van der Waals surface area contributed by atoms with Crippen LogP contribution in [0.15, 0.2) is 52.5 Å². The Morgan fingerprint density at radius 1 is 1.12 bits per heavy atom. The van der Waals surface area contributed by atoms with Crippen molar-refractivity contribution in [1.29, 1.82) is 0 Å². The van der Waals surface area contributed by atoms with Crippen LogP contribution in [0.4, 0.5) is 0 Å². The maximum Gasteiger partial charge on any atom is 0.276 e. The van der Waals surface area contributed by atoms with Crippen LogP contribution in [0.5, 0.6) is 5.75 Å². The van der Waals surface area contributed by atoms with Gasteiger partial charge in [-0.15, -0.1) is 0 Å². The average molecular weight is 358 g/mol. The standard InChI is InChI=1S/C19H22N2O3S/c1-3-24-18-9-11-19(12-10-18)25(22,23)21-20-14(2)16-8-7-15-5-4-6-17(15)13-16/h7-13,21H,3-6H2,1-2H3/b20-14-. The number of hydrogen-bond acceptors (Lipinski definition) is 4. The molecule has 0 amide bonds. The molecule has 2 aromatic carbocycles. The Morgan fingerprint density at radius 2 is 1.84 bits per heavy atom. The number of nitrogens with zero attached hydrogens (tertiary/aromatic N) is 1. The molecule has 1 aliphatic rings. The van der Waals surface area contributed by atoms with Crippen molar-refractivity contribution in [2.24, 2.45) is 5.10 Å². The van der Waals surface area contributed by atoms with Gasteiger partial charge in [-0.25, -0.2) is 0 Å². The third-order valence-electron chi connectivity index (χ3n) is 4.29. The smallest absolute Gasteiger partial charge is 0.276 e. The zero-order valence-corrected chi connectivity index (χ0v) is 15.3. The highest BCUT2D eigenvalue weighted by Gasteiger charge is 2.14. The van der Waals surface area contributed by atoms with Crippen molar-refractivity contribution in [3.05, 3.63) is 59.2 Å². The first-order valence-corrected chi connectivity index (χ1v) is 9.89. The number of nitrogens with one attached hydrogen (secondary N) is 1. The van der Waals surface area contributed by atoms with Gasteiger partial charge in [-0.2, -0.15) is 18.4 Å². The van der Waals surface area contributed by atoms with Crippen molar-refractivity contribution in [2.45, 2.75) is 38.0 Å².